The number of hydrogen-bond donors (Lipinski definition) is 0. The van der Waals surface area contributed by atoms with E-state index in [1.54, 1.807) is 0 Å². The molecule has 0 atom stereocenters. The molecule has 7 heavy (non-hydrogen) atoms. The third-order valence-electron chi connectivity index (χ3n) is 0.333. The van der Waals surface area contributed by atoms with Crippen LogP contribution >= 0.6 is 0 Å². The Morgan fingerprint density at radius 2 is 1.14 bits per heavy atom. The minimum absolute atomic E-state index is 0.486. The van der Waals surface area contributed by atoms with Crippen molar-refractivity contribution in [1.29, 1.82) is 0 Å². The van der Waals surface area contributed by atoms with Crippen LogP contribution in [0.15, 0.2) is 0 Å². The van der Waals surface area contributed by atoms with Crippen LogP contribution in [-0.2, 0) is 31.7 Å². The van der Waals surface area contributed by atoms with E-state index in [-0.39, 0.29) is 0 Å². The van der Waals surface area contributed by atoms with Gasteiger partial charge in [-0.05, 0) is 0 Å². The minimum atomic E-state index is -2.68. The van der Waals surface area contributed by atoms with Gasteiger partial charge in [-0.2, -0.15) is 0 Å². The van der Waals surface area contributed by atoms with Crippen LogP contribution in [0, 0.1) is 0 Å². The van der Waals surface area contributed by atoms with Crippen LogP contribution in [-0.4, -0.2) is 14.0 Å². The van der Waals surface area contributed by atoms with E-state index in [4.69, 9.17) is 0 Å². The topological polar surface area (TPSA) is 51.2 Å². The number of carbonyl (C=O) groups is 3. The van der Waals surface area contributed by atoms with Crippen LogP contribution in [0.3, 0.4) is 0 Å². The summed E-state index contributed by atoms with van der Waals surface area (Å²) in [5.74, 6) is 0. The zero-order valence-corrected chi connectivity index (χ0v) is 6.30. The van der Waals surface area contributed by atoms with Crippen molar-refractivity contribution in [2.45, 2.75) is 0 Å². The Morgan fingerprint density at radius 1 is 0.857 bits per heavy atom. The average Bonchev–Trinajstić information content (AvgIpc) is 1.72. The summed E-state index contributed by atoms with van der Waals surface area (Å²) in [6.07, 6.45) is 0. The van der Waals surface area contributed by atoms with E-state index in [0.29, 0.717) is 14.0 Å². The van der Waals surface area contributed by atoms with Gasteiger partial charge in [0.15, 0.2) is 0 Å². The van der Waals surface area contributed by atoms with Gasteiger partial charge in [-0.15, -0.1) is 0 Å². The van der Waals surface area contributed by atoms with Gasteiger partial charge in [-0.1, -0.05) is 0 Å². The fraction of sp³-hybridized carbons (Fsp3) is 0. The van der Waals surface area contributed by atoms with E-state index < -0.39 is 17.3 Å². The van der Waals surface area contributed by atoms with Crippen LogP contribution in [0.1, 0.15) is 0 Å². The molecular formula is C3H3O3W. The molecule has 0 aliphatic rings. The first-order valence-corrected chi connectivity index (χ1v) is 6.50. The summed E-state index contributed by atoms with van der Waals surface area (Å²) in [4.78, 5) is 28.8. The predicted octanol–water partition coefficient (Wildman–Crippen LogP) is -0.825. The Kier molecular flexibility index (Phi) is 3.71. The zero-order valence-electron chi connectivity index (χ0n) is 3.37. The second-order valence-corrected chi connectivity index (χ2v) is 5.70. The molecule has 3 nitrogen and oxygen atoms in total. The summed E-state index contributed by atoms with van der Waals surface area (Å²) in [7, 11) is 0. The molecule has 0 aliphatic carbocycles. The van der Waals surface area contributed by atoms with Gasteiger partial charge in [-0.3, -0.25) is 0 Å². The van der Waals surface area contributed by atoms with Gasteiger partial charge in [0.25, 0.3) is 0 Å². The van der Waals surface area contributed by atoms with Crippen molar-refractivity contribution in [3.63, 3.8) is 0 Å². The molecule has 0 aromatic heterocycles. The van der Waals surface area contributed by atoms with E-state index in [9.17, 15) is 14.4 Å². The quantitative estimate of drug-likeness (QED) is 0.630. The molecule has 0 fully saturated rings. The Balaban J connectivity index is 3.57. The van der Waals surface area contributed by atoms with Crippen molar-refractivity contribution in [1.82, 2.24) is 0 Å². The molecule has 4 heteroatoms. The van der Waals surface area contributed by atoms with Gasteiger partial charge in [0.2, 0.25) is 0 Å². The standard InChI is InChI=1S/3CHO.W/c3*1-2;/h3*1H;. The van der Waals surface area contributed by atoms with Crippen LogP contribution in [0.4, 0.5) is 0 Å². The van der Waals surface area contributed by atoms with E-state index in [1.165, 1.54) is 0 Å². The van der Waals surface area contributed by atoms with Gasteiger partial charge in [-0.25, -0.2) is 0 Å². The molecule has 0 amide bonds. The predicted molar refractivity (Wildman–Crippen MR) is 20.3 cm³/mol. The van der Waals surface area contributed by atoms with Crippen LogP contribution < -0.4 is 0 Å². The second kappa shape index (κ2) is 3.87. The monoisotopic (exact) mass is 271 g/mol. The average molecular weight is 271 g/mol. The summed E-state index contributed by atoms with van der Waals surface area (Å²) in [6, 6.07) is 0. The molecular weight excluding hydrogens is 268 g/mol. The third-order valence-corrected chi connectivity index (χ3v) is 2.73. The van der Waals surface area contributed by atoms with Gasteiger partial charge < -0.3 is 0 Å². The van der Waals surface area contributed by atoms with Crippen LogP contribution in [0.2, 0.25) is 0 Å². The molecule has 0 radical (unpaired) electrons. The van der Waals surface area contributed by atoms with Crippen LogP contribution in [0.5, 0.6) is 0 Å². The molecule has 0 N–H and O–H groups in total. The summed E-state index contributed by atoms with van der Waals surface area (Å²) in [5, 5.41) is 0. The fourth-order valence-electron chi connectivity index (χ4n) is 0.0680. The SMILES string of the molecule is O=[CH][W]([CH]=O)[CH]=O. The Bertz CT molecular complexity index is 71.2. The van der Waals surface area contributed by atoms with Crippen molar-refractivity contribution >= 4 is 14.0 Å². The molecule has 0 aromatic carbocycles. The molecule has 0 unspecified atom stereocenters. The van der Waals surface area contributed by atoms with Crippen molar-refractivity contribution in [3.8, 4) is 0 Å². The van der Waals surface area contributed by atoms with E-state index >= 15 is 0 Å². The molecule has 0 aromatic rings. The maximum absolute atomic E-state index is 9.59. The first-order valence-electron chi connectivity index (χ1n) is 1.41. The molecule has 0 saturated heterocycles. The molecule has 0 aliphatic heterocycles. The van der Waals surface area contributed by atoms with E-state index in [2.05, 4.69) is 0 Å². The maximum atomic E-state index is 9.59. The molecule has 0 saturated carbocycles. The molecule has 0 bridgehead atoms. The van der Waals surface area contributed by atoms with E-state index in [1.807, 2.05) is 0 Å². The van der Waals surface area contributed by atoms with Gasteiger partial charge >= 0.3 is 45.7 Å². The zero-order chi connectivity index (χ0) is 5.70. The normalized spacial score (nSPS) is 8.14. The van der Waals surface area contributed by atoms with Crippen molar-refractivity contribution in [2.24, 2.45) is 0 Å². The Labute approximate surface area is 46.3 Å². The summed E-state index contributed by atoms with van der Waals surface area (Å²) < 4.78 is 1.46. The summed E-state index contributed by atoms with van der Waals surface area (Å²) >= 11 is -2.68. The number of carbonyl (C=O) groups excluding carboxylic acids is 3. The summed E-state index contributed by atoms with van der Waals surface area (Å²) in [5.41, 5.74) is 0. The van der Waals surface area contributed by atoms with Gasteiger partial charge in [0.1, 0.15) is 0 Å². The third kappa shape index (κ3) is 2.40. The molecule has 0 spiro atoms. The van der Waals surface area contributed by atoms with Crippen LogP contribution in [0.25, 0.3) is 0 Å². The molecule has 0 rings (SSSR count). The van der Waals surface area contributed by atoms with E-state index in [0.717, 1.165) is 0 Å². The molecule has 0 heterocycles. The fourth-order valence-corrected chi connectivity index (χ4v) is 0.557. The Morgan fingerprint density at radius 3 is 1.14 bits per heavy atom. The second-order valence-electron chi connectivity index (χ2n) is 0.697. The van der Waals surface area contributed by atoms with Gasteiger partial charge in [0, 0.05) is 0 Å². The van der Waals surface area contributed by atoms with Crippen molar-refractivity contribution in [3.05, 3.63) is 0 Å². The summed E-state index contributed by atoms with van der Waals surface area (Å²) in [6.45, 7) is 0. The first kappa shape index (κ1) is 6.70. The van der Waals surface area contributed by atoms with Crippen molar-refractivity contribution < 1.29 is 31.7 Å². The number of rotatable bonds is 3. The molecule has 39 valence electrons. The Hall–Kier alpha value is -0.302. The number of hydrogen-bond acceptors (Lipinski definition) is 3. The first-order chi connectivity index (χ1) is 3.35. The van der Waals surface area contributed by atoms with Gasteiger partial charge in [0.05, 0.1) is 0 Å². The van der Waals surface area contributed by atoms with Crippen molar-refractivity contribution in [2.75, 3.05) is 0 Å².